The van der Waals surface area contributed by atoms with Crippen LogP contribution in [0.2, 0.25) is 0 Å². The van der Waals surface area contributed by atoms with Crippen molar-refractivity contribution in [2.24, 2.45) is 0 Å². The Balaban J connectivity index is 1.90. The van der Waals surface area contributed by atoms with Gasteiger partial charge in [0.05, 0.1) is 29.1 Å². The topological polar surface area (TPSA) is 103 Å². The molecule has 0 aliphatic carbocycles. The largest absolute Gasteiger partial charge is 0.254 e. The second-order valence-electron chi connectivity index (χ2n) is 5.61. The van der Waals surface area contributed by atoms with Crippen LogP contribution in [0.25, 0.3) is 44.5 Å². The van der Waals surface area contributed by atoms with E-state index in [9.17, 15) is 0 Å². The van der Waals surface area contributed by atoms with Gasteiger partial charge in [-0.15, -0.1) is 20.4 Å². The van der Waals surface area contributed by atoms with Crippen LogP contribution >= 0.6 is 0 Å². The van der Waals surface area contributed by atoms with Crippen molar-refractivity contribution in [2.75, 3.05) is 0 Å². The molecular weight excluding hydrogens is 328 g/mol. The van der Waals surface area contributed by atoms with E-state index < -0.39 is 0 Å². The van der Waals surface area contributed by atoms with Gasteiger partial charge in [-0.25, -0.2) is 4.98 Å². The summed E-state index contributed by atoms with van der Waals surface area (Å²) < 4.78 is 0. The lowest BCUT2D eigenvalue weighted by Gasteiger charge is -2.10. The van der Waals surface area contributed by atoms with E-state index in [0.717, 1.165) is 27.4 Å². The number of hydrogen-bond acceptors (Lipinski definition) is 8. The fraction of sp³-hybridized carbons (Fsp3) is 0. The summed E-state index contributed by atoms with van der Waals surface area (Å²) in [5, 5.41) is 25.2. The fourth-order valence-electron chi connectivity index (χ4n) is 2.92. The number of fused-ring (bicyclic) bond motifs is 3. The molecule has 122 valence electrons. The lowest BCUT2D eigenvalue weighted by molar-refractivity contribution is 0.864. The fourth-order valence-corrected chi connectivity index (χ4v) is 2.92. The lowest BCUT2D eigenvalue weighted by Crippen LogP contribution is -1.98. The maximum atomic E-state index is 4.87. The van der Waals surface area contributed by atoms with Crippen LogP contribution in [-0.4, -0.2) is 40.8 Å². The Kier molecular flexibility index (Phi) is 3.24. The molecule has 0 aliphatic heterocycles. The number of benzene rings is 1. The van der Waals surface area contributed by atoms with Gasteiger partial charge in [-0.1, -0.05) is 18.2 Å². The highest BCUT2D eigenvalue weighted by molar-refractivity contribution is 6.05. The van der Waals surface area contributed by atoms with Crippen molar-refractivity contribution in [3.8, 4) is 22.6 Å². The number of hydrogen-bond donors (Lipinski definition) is 0. The molecule has 4 heterocycles. The highest BCUT2D eigenvalue weighted by Gasteiger charge is 2.15. The summed E-state index contributed by atoms with van der Waals surface area (Å²) in [4.78, 5) is 9.37. The average Bonchev–Trinajstić information content (AvgIpc) is 2.74. The minimum Gasteiger partial charge on any atom is -0.254 e. The zero-order valence-corrected chi connectivity index (χ0v) is 13.4. The first-order chi connectivity index (χ1) is 12.9. The summed E-state index contributed by atoms with van der Waals surface area (Å²) in [7, 11) is 0. The van der Waals surface area contributed by atoms with Crippen molar-refractivity contribution >= 4 is 21.8 Å². The van der Waals surface area contributed by atoms with E-state index in [2.05, 4.69) is 35.8 Å². The third-order valence-electron chi connectivity index (χ3n) is 4.08. The van der Waals surface area contributed by atoms with E-state index in [-0.39, 0.29) is 0 Å². The minimum absolute atomic E-state index is 0.600. The molecular formula is C18H10N8. The first-order valence-electron chi connectivity index (χ1n) is 7.88. The summed E-state index contributed by atoms with van der Waals surface area (Å²) in [5.41, 5.74) is 4.32. The summed E-state index contributed by atoms with van der Waals surface area (Å²) in [6, 6.07) is 13.5. The zero-order valence-electron chi connectivity index (χ0n) is 13.4. The molecule has 8 heteroatoms. The molecule has 0 aliphatic rings. The maximum Gasteiger partial charge on any atom is 0.115 e. The van der Waals surface area contributed by atoms with Gasteiger partial charge in [0.1, 0.15) is 11.4 Å². The van der Waals surface area contributed by atoms with Gasteiger partial charge in [-0.3, -0.25) is 4.98 Å². The van der Waals surface area contributed by atoms with E-state index >= 15 is 0 Å². The third-order valence-corrected chi connectivity index (χ3v) is 4.08. The highest BCUT2D eigenvalue weighted by Crippen LogP contribution is 2.32. The summed E-state index contributed by atoms with van der Waals surface area (Å²) in [5.74, 6) is 0. The molecule has 5 rings (SSSR count). The van der Waals surface area contributed by atoms with Gasteiger partial charge in [0.25, 0.3) is 0 Å². The van der Waals surface area contributed by atoms with Crippen LogP contribution in [-0.2, 0) is 0 Å². The van der Waals surface area contributed by atoms with E-state index in [1.54, 1.807) is 30.7 Å². The Morgan fingerprint density at radius 1 is 0.654 bits per heavy atom. The van der Waals surface area contributed by atoms with Crippen LogP contribution in [0.4, 0.5) is 0 Å². The Morgan fingerprint density at radius 2 is 1.42 bits per heavy atom. The number of rotatable bonds is 2. The Morgan fingerprint density at radius 3 is 2.19 bits per heavy atom. The standard InChI is InChI=1S/C18H10N8/c1-2-11-3-4-12-10-13(14-5-8-20-25-23-14)18(15-6-9-21-26-24-15)22-17(12)16(11)19-7-1/h1-10H. The van der Waals surface area contributed by atoms with Crippen LogP contribution < -0.4 is 0 Å². The maximum absolute atomic E-state index is 4.87. The van der Waals surface area contributed by atoms with Gasteiger partial charge in [0, 0.05) is 22.5 Å². The summed E-state index contributed by atoms with van der Waals surface area (Å²) >= 11 is 0. The van der Waals surface area contributed by atoms with Gasteiger partial charge < -0.3 is 0 Å². The van der Waals surface area contributed by atoms with Crippen molar-refractivity contribution in [2.45, 2.75) is 0 Å². The van der Waals surface area contributed by atoms with Gasteiger partial charge in [-0.2, -0.15) is 0 Å². The SMILES string of the molecule is c1cnc2c(c1)ccc1cc(-c3ccnnn3)c(-c3ccnnn3)nc12. The van der Waals surface area contributed by atoms with Crippen molar-refractivity contribution in [3.05, 3.63) is 61.1 Å². The first-order valence-corrected chi connectivity index (χ1v) is 7.88. The van der Waals surface area contributed by atoms with Gasteiger partial charge in [0.15, 0.2) is 0 Å². The molecule has 1 aromatic carbocycles. The normalized spacial score (nSPS) is 11.1. The smallest absolute Gasteiger partial charge is 0.115 e. The molecule has 0 spiro atoms. The molecule has 0 bridgehead atoms. The van der Waals surface area contributed by atoms with Crippen LogP contribution in [0.1, 0.15) is 0 Å². The van der Waals surface area contributed by atoms with E-state index in [0.29, 0.717) is 17.1 Å². The number of pyridine rings is 2. The van der Waals surface area contributed by atoms with E-state index in [1.165, 1.54) is 0 Å². The molecule has 0 saturated heterocycles. The third kappa shape index (κ3) is 2.32. The van der Waals surface area contributed by atoms with Crippen LogP contribution in [0.3, 0.4) is 0 Å². The van der Waals surface area contributed by atoms with E-state index in [4.69, 9.17) is 4.98 Å². The molecule has 26 heavy (non-hydrogen) atoms. The zero-order chi connectivity index (χ0) is 17.3. The average molecular weight is 338 g/mol. The van der Waals surface area contributed by atoms with Crippen LogP contribution in [0.5, 0.6) is 0 Å². The second-order valence-corrected chi connectivity index (χ2v) is 5.61. The predicted octanol–water partition coefficient (Wildman–Crippen LogP) is 2.49. The van der Waals surface area contributed by atoms with Crippen LogP contribution in [0.15, 0.2) is 61.1 Å². The number of aromatic nitrogens is 8. The minimum atomic E-state index is 0.600. The summed E-state index contributed by atoms with van der Waals surface area (Å²) in [6.07, 6.45) is 4.94. The van der Waals surface area contributed by atoms with Gasteiger partial charge in [0.2, 0.25) is 0 Å². The molecule has 0 unspecified atom stereocenters. The molecule has 0 N–H and O–H groups in total. The molecule has 0 radical (unpaired) electrons. The van der Waals surface area contributed by atoms with E-state index in [1.807, 2.05) is 30.3 Å². The molecule has 5 aromatic rings. The number of nitrogens with zero attached hydrogens (tertiary/aromatic N) is 8. The Labute approximate surface area is 147 Å². The second kappa shape index (κ2) is 5.85. The summed E-state index contributed by atoms with van der Waals surface area (Å²) in [6.45, 7) is 0. The highest BCUT2D eigenvalue weighted by atomic mass is 15.3. The van der Waals surface area contributed by atoms with Crippen molar-refractivity contribution in [1.82, 2.24) is 40.8 Å². The Bertz CT molecular complexity index is 1230. The quantitative estimate of drug-likeness (QED) is 0.452. The first kappa shape index (κ1) is 14.4. The molecule has 8 nitrogen and oxygen atoms in total. The van der Waals surface area contributed by atoms with Crippen molar-refractivity contribution in [1.29, 1.82) is 0 Å². The van der Waals surface area contributed by atoms with Crippen molar-refractivity contribution in [3.63, 3.8) is 0 Å². The van der Waals surface area contributed by atoms with Crippen LogP contribution in [0, 0.1) is 0 Å². The molecule has 4 aromatic heterocycles. The van der Waals surface area contributed by atoms with Gasteiger partial charge in [-0.05, 0) is 34.7 Å². The van der Waals surface area contributed by atoms with Crippen molar-refractivity contribution < 1.29 is 0 Å². The van der Waals surface area contributed by atoms with Gasteiger partial charge >= 0.3 is 0 Å². The molecule has 0 fully saturated rings. The molecule has 0 amide bonds. The lowest BCUT2D eigenvalue weighted by atomic mass is 10.0. The predicted molar refractivity (Wildman–Crippen MR) is 94.7 cm³/mol. The Hall–Kier alpha value is -3.94. The molecule has 0 saturated carbocycles. The monoisotopic (exact) mass is 338 g/mol. The molecule has 0 atom stereocenters.